The van der Waals surface area contributed by atoms with Gasteiger partial charge in [0.2, 0.25) is 0 Å². The van der Waals surface area contributed by atoms with Gasteiger partial charge in [-0.05, 0) is 30.3 Å². The van der Waals surface area contributed by atoms with Crippen molar-refractivity contribution >= 4 is 11.6 Å². The summed E-state index contributed by atoms with van der Waals surface area (Å²) >= 11 is 0. The quantitative estimate of drug-likeness (QED) is 0.589. The van der Waals surface area contributed by atoms with Crippen LogP contribution in [0, 0.1) is 17.8 Å². The molecule has 0 bridgehead atoms. The lowest BCUT2D eigenvalue weighted by atomic mass is 9.67. The third-order valence-electron chi connectivity index (χ3n) is 3.62. The van der Waals surface area contributed by atoms with Gasteiger partial charge < -0.3 is 0 Å². The number of carbonyl (C=O) groups excluding carboxylic acids is 2. The molecule has 1 saturated carbocycles. The van der Waals surface area contributed by atoms with Crippen LogP contribution in [-0.2, 0) is 9.59 Å². The average Bonchev–Trinajstić information content (AvgIpc) is 2.08. The number of Topliss-reactive ketones (excluding diaryl/α,β-unsaturated/α-hetero) is 2. The van der Waals surface area contributed by atoms with Crippen LogP contribution >= 0.6 is 0 Å². The molecule has 0 aromatic rings. The van der Waals surface area contributed by atoms with E-state index < -0.39 is 0 Å². The average molecular weight is 192 g/mol. The molecule has 14 heavy (non-hydrogen) atoms. The Hall–Kier alpha value is -0.920. The van der Waals surface area contributed by atoms with E-state index >= 15 is 0 Å². The molecule has 0 aliphatic heterocycles. The molecule has 0 N–H and O–H groups in total. The Balaban J connectivity index is 2.26. The van der Waals surface area contributed by atoms with Crippen molar-refractivity contribution in [3.8, 4) is 0 Å². The molecule has 2 rings (SSSR count). The molecular weight excluding hydrogens is 176 g/mol. The smallest absolute Gasteiger partial charge is 0.158 e. The first kappa shape index (κ1) is 9.63. The SMILES string of the molecule is CC1=C[C@H]2CC(=O)C[C@@H](C)[C@@H]2CC1=O. The molecule has 2 heteroatoms. The number of rotatable bonds is 0. The zero-order valence-electron chi connectivity index (χ0n) is 8.75. The predicted molar refractivity (Wildman–Crippen MR) is 53.8 cm³/mol. The Morgan fingerprint density at radius 1 is 1.21 bits per heavy atom. The Labute approximate surface area is 84.4 Å². The van der Waals surface area contributed by atoms with E-state index in [1.807, 2.05) is 13.0 Å². The third-order valence-corrected chi connectivity index (χ3v) is 3.62. The molecule has 0 heterocycles. The van der Waals surface area contributed by atoms with Gasteiger partial charge in [0.15, 0.2) is 5.78 Å². The highest BCUT2D eigenvalue weighted by atomic mass is 16.1. The number of carbonyl (C=O) groups is 2. The van der Waals surface area contributed by atoms with Crippen molar-refractivity contribution in [1.82, 2.24) is 0 Å². The fourth-order valence-electron chi connectivity index (χ4n) is 2.75. The maximum atomic E-state index is 11.5. The second kappa shape index (κ2) is 3.34. The summed E-state index contributed by atoms with van der Waals surface area (Å²) in [5.41, 5.74) is 0.855. The van der Waals surface area contributed by atoms with Crippen LogP contribution in [0.5, 0.6) is 0 Å². The lowest BCUT2D eigenvalue weighted by molar-refractivity contribution is -0.126. The fraction of sp³-hybridized carbons (Fsp3) is 0.667. The molecule has 0 amide bonds. The van der Waals surface area contributed by atoms with Crippen molar-refractivity contribution in [2.24, 2.45) is 17.8 Å². The maximum absolute atomic E-state index is 11.5. The van der Waals surface area contributed by atoms with Crippen molar-refractivity contribution < 1.29 is 9.59 Å². The summed E-state index contributed by atoms with van der Waals surface area (Å²) in [6.45, 7) is 3.96. The van der Waals surface area contributed by atoms with Crippen molar-refractivity contribution in [1.29, 1.82) is 0 Å². The topological polar surface area (TPSA) is 34.1 Å². The highest BCUT2D eigenvalue weighted by Gasteiger charge is 2.37. The normalized spacial score (nSPS) is 37.9. The number of hydrogen-bond donors (Lipinski definition) is 0. The van der Waals surface area contributed by atoms with Crippen molar-refractivity contribution in [3.63, 3.8) is 0 Å². The highest BCUT2D eigenvalue weighted by molar-refractivity contribution is 5.96. The largest absolute Gasteiger partial charge is 0.300 e. The molecule has 3 atom stereocenters. The first-order chi connectivity index (χ1) is 6.58. The van der Waals surface area contributed by atoms with Crippen LogP contribution in [0.4, 0.5) is 0 Å². The summed E-state index contributed by atoms with van der Waals surface area (Å²) in [4.78, 5) is 22.9. The van der Waals surface area contributed by atoms with E-state index in [4.69, 9.17) is 0 Å². The lowest BCUT2D eigenvalue weighted by Gasteiger charge is -2.36. The van der Waals surface area contributed by atoms with Gasteiger partial charge in [-0.2, -0.15) is 0 Å². The van der Waals surface area contributed by atoms with Crippen LogP contribution in [0.15, 0.2) is 11.6 Å². The van der Waals surface area contributed by atoms with Gasteiger partial charge >= 0.3 is 0 Å². The van der Waals surface area contributed by atoms with Gasteiger partial charge in [0.05, 0.1) is 0 Å². The Morgan fingerprint density at radius 3 is 2.64 bits per heavy atom. The second-order valence-corrected chi connectivity index (χ2v) is 4.73. The van der Waals surface area contributed by atoms with Crippen LogP contribution in [0.2, 0.25) is 0 Å². The summed E-state index contributed by atoms with van der Waals surface area (Å²) in [5, 5.41) is 0. The van der Waals surface area contributed by atoms with Crippen molar-refractivity contribution in [2.45, 2.75) is 33.1 Å². The molecule has 2 nitrogen and oxygen atoms in total. The monoisotopic (exact) mass is 192 g/mol. The zero-order valence-corrected chi connectivity index (χ0v) is 8.75. The maximum Gasteiger partial charge on any atom is 0.158 e. The van der Waals surface area contributed by atoms with E-state index in [1.165, 1.54) is 0 Å². The molecule has 76 valence electrons. The number of allylic oxidation sites excluding steroid dienone is 2. The van der Waals surface area contributed by atoms with Crippen molar-refractivity contribution in [2.75, 3.05) is 0 Å². The van der Waals surface area contributed by atoms with Crippen molar-refractivity contribution in [3.05, 3.63) is 11.6 Å². The zero-order chi connectivity index (χ0) is 10.3. The molecule has 0 unspecified atom stereocenters. The summed E-state index contributed by atoms with van der Waals surface area (Å²) in [6, 6.07) is 0. The molecule has 2 aliphatic rings. The van der Waals surface area contributed by atoms with E-state index in [-0.39, 0.29) is 5.78 Å². The third kappa shape index (κ3) is 1.54. The van der Waals surface area contributed by atoms with Gasteiger partial charge in [0, 0.05) is 19.3 Å². The standard InChI is InChI=1S/C12H16O2/c1-7-4-10(13)5-9-3-8(2)12(14)6-11(7)9/h3,7,9,11H,4-6H2,1-2H3/t7-,9+,11+/m1/s1. The van der Waals surface area contributed by atoms with Gasteiger partial charge in [0.1, 0.15) is 5.78 Å². The molecule has 0 aromatic heterocycles. The summed E-state index contributed by atoms with van der Waals surface area (Å²) in [5.74, 6) is 1.77. The van der Waals surface area contributed by atoms with Gasteiger partial charge in [-0.3, -0.25) is 9.59 Å². The van der Waals surface area contributed by atoms with Gasteiger partial charge in [-0.1, -0.05) is 13.0 Å². The number of hydrogen-bond acceptors (Lipinski definition) is 2. The van der Waals surface area contributed by atoms with Gasteiger partial charge in [0.25, 0.3) is 0 Å². The van der Waals surface area contributed by atoms with Crippen LogP contribution in [0.3, 0.4) is 0 Å². The van der Waals surface area contributed by atoms with E-state index in [0.717, 1.165) is 5.57 Å². The molecule has 1 fully saturated rings. The number of fused-ring (bicyclic) bond motifs is 1. The number of ketones is 2. The summed E-state index contributed by atoms with van der Waals surface area (Å²) in [7, 11) is 0. The van der Waals surface area contributed by atoms with Crippen LogP contribution in [0.1, 0.15) is 33.1 Å². The minimum atomic E-state index is 0.271. The molecule has 0 radical (unpaired) electrons. The second-order valence-electron chi connectivity index (χ2n) is 4.73. The predicted octanol–water partition coefficient (Wildman–Crippen LogP) is 2.14. The highest BCUT2D eigenvalue weighted by Crippen LogP contribution is 2.39. The van der Waals surface area contributed by atoms with E-state index in [9.17, 15) is 9.59 Å². The van der Waals surface area contributed by atoms with E-state index in [0.29, 0.717) is 42.8 Å². The van der Waals surface area contributed by atoms with Crippen LogP contribution in [-0.4, -0.2) is 11.6 Å². The molecule has 2 aliphatic carbocycles. The van der Waals surface area contributed by atoms with Gasteiger partial charge in [-0.15, -0.1) is 0 Å². The Kier molecular flexibility index (Phi) is 2.30. The minimum Gasteiger partial charge on any atom is -0.300 e. The van der Waals surface area contributed by atoms with Crippen LogP contribution in [0.25, 0.3) is 0 Å². The van der Waals surface area contributed by atoms with E-state index in [2.05, 4.69) is 6.92 Å². The Bertz CT molecular complexity index is 314. The minimum absolute atomic E-state index is 0.271. The fourth-order valence-corrected chi connectivity index (χ4v) is 2.75. The first-order valence-corrected chi connectivity index (χ1v) is 5.31. The summed E-state index contributed by atoms with van der Waals surface area (Å²) < 4.78 is 0. The molecule has 0 saturated heterocycles. The molecule has 0 aromatic carbocycles. The van der Waals surface area contributed by atoms with Gasteiger partial charge in [-0.25, -0.2) is 0 Å². The van der Waals surface area contributed by atoms with E-state index in [1.54, 1.807) is 0 Å². The van der Waals surface area contributed by atoms with Crippen LogP contribution < -0.4 is 0 Å². The summed E-state index contributed by atoms with van der Waals surface area (Å²) in [6.07, 6.45) is 3.99. The molecule has 0 spiro atoms. The Morgan fingerprint density at radius 2 is 1.93 bits per heavy atom. The lowest BCUT2D eigenvalue weighted by Crippen LogP contribution is -2.35. The molecular formula is C12H16O2. The first-order valence-electron chi connectivity index (χ1n) is 5.31.